The molecule has 134 valence electrons. The van der Waals surface area contributed by atoms with E-state index in [0.717, 1.165) is 48.0 Å². The highest BCUT2D eigenvalue weighted by Crippen LogP contribution is 2.32. The van der Waals surface area contributed by atoms with Crippen LogP contribution in [0, 0.1) is 0 Å². The molecule has 3 aromatic heterocycles. The van der Waals surface area contributed by atoms with Gasteiger partial charge in [-0.2, -0.15) is 0 Å². The minimum absolute atomic E-state index is 0.318. The summed E-state index contributed by atoms with van der Waals surface area (Å²) in [6, 6.07) is 5.95. The van der Waals surface area contributed by atoms with E-state index in [9.17, 15) is 4.79 Å². The smallest absolute Gasteiger partial charge is 0.339 e. The third-order valence-electron chi connectivity index (χ3n) is 4.40. The van der Waals surface area contributed by atoms with Crippen LogP contribution in [-0.4, -0.2) is 53.7 Å². The van der Waals surface area contributed by atoms with Crippen molar-refractivity contribution in [3.63, 3.8) is 0 Å². The number of hydrogen-bond donors (Lipinski definition) is 0. The second-order valence-corrected chi connectivity index (χ2v) is 6.77. The molecule has 4 heterocycles. The van der Waals surface area contributed by atoms with Crippen molar-refractivity contribution in [3.8, 4) is 0 Å². The van der Waals surface area contributed by atoms with Crippen LogP contribution in [-0.2, 0) is 4.74 Å². The van der Waals surface area contributed by atoms with Gasteiger partial charge in [-0.15, -0.1) is 11.3 Å². The summed E-state index contributed by atoms with van der Waals surface area (Å²) in [4.78, 5) is 30.8. The highest BCUT2D eigenvalue weighted by molar-refractivity contribution is 7.17. The summed E-state index contributed by atoms with van der Waals surface area (Å²) in [5.41, 5.74) is 0.551. The van der Waals surface area contributed by atoms with Gasteiger partial charge >= 0.3 is 5.97 Å². The molecule has 0 atom stereocenters. The third-order valence-corrected chi connectivity index (χ3v) is 5.28. The molecule has 0 aromatic carbocycles. The van der Waals surface area contributed by atoms with Crippen LogP contribution in [0.25, 0.3) is 10.2 Å². The fourth-order valence-electron chi connectivity index (χ4n) is 3.15. The molecule has 1 aliphatic heterocycles. The maximum atomic E-state index is 12.3. The van der Waals surface area contributed by atoms with Gasteiger partial charge < -0.3 is 14.5 Å². The van der Waals surface area contributed by atoms with Gasteiger partial charge in [0.05, 0.1) is 17.6 Å². The molecule has 0 saturated carbocycles. The predicted octanol–water partition coefficient (Wildman–Crippen LogP) is 2.59. The Bertz CT molecular complexity index is 906. The topological polar surface area (TPSA) is 71.5 Å². The van der Waals surface area contributed by atoms with Crippen LogP contribution in [0.15, 0.2) is 36.1 Å². The van der Waals surface area contributed by atoms with Crippen molar-refractivity contribution in [3.05, 3.63) is 41.7 Å². The first-order valence-corrected chi connectivity index (χ1v) is 9.46. The number of anilines is 2. The van der Waals surface area contributed by atoms with Crippen LogP contribution < -0.4 is 9.80 Å². The maximum Gasteiger partial charge on any atom is 0.339 e. The quantitative estimate of drug-likeness (QED) is 0.655. The lowest BCUT2D eigenvalue weighted by Crippen LogP contribution is -2.47. The van der Waals surface area contributed by atoms with Gasteiger partial charge in [0, 0.05) is 37.8 Å². The van der Waals surface area contributed by atoms with Gasteiger partial charge in [0.1, 0.15) is 22.8 Å². The van der Waals surface area contributed by atoms with E-state index < -0.39 is 0 Å². The number of esters is 1. The Labute approximate surface area is 155 Å². The summed E-state index contributed by atoms with van der Waals surface area (Å²) in [5.74, 6) is 1.48. The number of ether oxygens (including phenoxy) is 1. The molecule has 0 bridgehead atoms. The number of rotatable bonds is 4. The molecule has 26 heavy (non-hydrogen) atoms. The number of nitrogens with zero attached hydrogens (tertiary/aromatic N) is 5. The molecule has 0 N–H and O–H groups in total. The Morgan fingerprint density at radius 3 is 2.69 bits per heavy atom. The molecule has 0 amide bonds. The second-order valence-electron chi connectivity index (χ2n) is 5.91. The van der Waals surface area contributed by atoms with E-state index in [4.69, 9.17) is 4.74 Å². The van der Waals surface area contributed by atoms with Crippen molar-refractivity contribution in [2.75, 3.05) is 42.6 Å². The molecule has 0 spiro atoms. The lowest BCUT2D eigenvalue weighted by molar-refractivity contribution is 0.0529. The SMILES string of the molecule is CCOC(=O)c1csc2ncnc(N3CCN(c4ccccn4)CC3)c12. The van der Waals surface area contributed by atoms with Crippen LogP contribution in [0.5, 0.6) is 0 Å². The largest absolute Gasteiger partial charge is 0.462 e. The fourth-order valence-corrected chi connectivity index (χ4v) is 4.02. The van der Waals surface area contributed by atoms with Crippen molar-refractivity contribution >= 4 is 39.2 Å². The predicted molar refractivity (Wildman–Crippen MR) is 102 cm³/mol. The van der Waals surface area contributed by atoms with E-state index in [0.29, 0.717) is 12.2 Å². The van der Waals surface area contributed by atoms with Gasteiger partial charge in [0.2, 0.25) is 0 Å². The number of carbonyl (C=O) groups excluding carboxylic acids is 1. The van der Waals surface area contributed by atoms with Gasteiger partial charge in [0.25, 0.3) is 0 Å². The molecule has 1 fully saturated rings. The van der Waals surface area contributed by atoms with Crippen molar-refractivity contribution < 1.29 is 9.53 Å². The minimum atomic E-state index is -0.318. The van der Waals surface area contributed by atoms with Crippen LogP contribution in [0.2, 0.25) is 0 Å². The van der Waals surface area contributed by atoms with E-state index in [1.807, 2.05) is 29.8 Å². The summed E-state index contributed by atoms with van der Waals surface area (Å²) in [6.07, 6.45) is 3.38. The first-order valence-electron chi connectivity index (χ1n) is 8.58. The monoisotopic (exact) mass is 369 g/mol. The summed E-state index contributed by atoms with van der Waals surface area (Å²) in [5, 5.41) is 2.60. The number of fused-ring (bicyclic) bond motifs is 1. The Morgan fingerprint density at radius 2 is 1.96 bits per heavy atom. The highest BCUT2D eigenvalue weighted by Gasteiger charge is 2.24. The second kappa shape index (κ2) is 7.25. The van der Waals surface area contributed by atoms with E-state index in [1.165, 1.54) is 11.3 Å². The van der Waals surface area contributed by atoms with E-state index in [-0.39, 0.29) is 5.97 Å². The van der Waals surface area contributed by atoms with Gasteiger partial charge in [0.15, 0.2) is 0 Å². The summed E-state index contributed by atoms with van der Waals surface area (Å²) >= 11 is 1.44. The van der Waals surface area contributed by atoms with Crippen LogP contribution in [0.4, 0.5) is 11.6 Å². The Kier molecular flexibility index (Phi) is 4.66. The lowest BCUT2D eigenvalue weighted by atomic mass is 10.2. The van der Waals surface area contributed by atoms with E-state index >= 15 is 0 Å². The molecular weight excluding hydrogens is 350 g/mol. The van der Waals surface area contributed by atoms with Crippen LogP contribution in [0.1, 0.15) is 17.3 Å². The summed E-state index contributed by atoms with van der Waals surface area (Å²) < 4.78 is 5.19. The molecule has 1 saturated heterocycles. The lowest BCUT2D eigenvalue weighted by Gasteiger charge is -2.36. The number of piperazine rings is 1. The van der Waals surface area contributed by atoms with E-state index in [2.05, 4.69) is 24.8 Å². The summed E-state index contributed by atoms with van der Waals surface area (Å²) in [7, 11) is 0. The number of hydrogen-bond acceptors (Lipinski definition) is 8. The Morgan fingerprint density at radius 1 is 1.15 bits per heavy atom. The molecule has 0 aliphatic carbocycles. The average molecular weight is 369 g/mol. The first-order chi connectivity index (χ1) is 12.8. The standard InChI is InChI=1S/C18H19N5O2S/c1-2-25-18(24)13-11-26-17-15(13)16(20-12-21-17)23-9-7-22(8-10-23)14-5-3-4-6-19-14/h3-6,11-12H,2,7-10H2,1H3. The molecule has 8 heteroatoms. The van der Waals surface area contributed by atoms with Crippen molar-refractivity contribution in [2.24, 2.45) is 0 Å². The molecular formula is C18H19N5O2S. The molecule has 1 aliphatic rings. The molecule has 3 aromatic rings. The molecule has 0 radical (unpaired) electrons. The zero-order chi connectivity index (χ0) is 17.9. The number of aromatic nitrogens is 3. The van der Waals surface area contributed by atoms with E-state index in [1.54, 1.807) is 13.3 Å². The number of pyridine rings is 1. The number of thiophene rings is 1. The molecule has 0 unspecified atom stereocenters. The molecule has 7 nitrogen and oxygen atoms in total. The first kappa shape index (κ1) is 16.7. The molecule has 4 rings (SSSR count). The number of carbonyl (C=O) groups is 1. The van der Waals surface area contributed by atoms with Crippen LogP contribution >= 0.6 is 11.3 Å². The van der Waals surface area contributed by atoms with Gasteiger partial charge in [-0.25, -0.2) is 19.7 Å². The van der Waals surface area contributed by atoms with Gasteiger partial charge in [-0.1, -0.05) is 6.07 Å². The Balaban J connectivity index is 1.60. The average Bonchev–Trinajstić information content (AvgIpc) is 3.13. The van der Waals surface area contributed by atoms with Crippen LogP contribution in [0.3, 0.4) is 0 Å². The van der Waals surface area contributed by atoms with Gasteiger partial charge in [-0.3, -0.25) is 0 Å². The van der Waals surface area contributed by atoms with Gasteiger partial charge in [-0.05, 0) is 19.1 Å². The Hall–Kier alpha value is -2.74. The summed E-state index contributed by atoms with van der Waals surface area (Å²) in [6.45, 7) is 5.47. The highest BCUT2D eigenvalue weighted by atomic mass is 32.1. The zero-order valence-electron chi connectivity index (χ0n) is 14.5. The fraction of sp³-hybridized carbons (Fsp3) is 0.333. The minimum Gasteiger partial charge on any atom is -0.462 e. The van der Waals surface area contributed by atoms with Crippen molar-refractivity contribution in [1.29, 1.82) is 0 Å². The van der Waals surface area contributed by atoms with Crippen molar-refractivity contribution in [2.45, 2.75) is 6.92 Å². The third kappa shape index (κ3) is 3.08. The normalized spacial score (nSPS) is 14.7. The zero-order valence-corrected chi connectivity index (χ0v) is 15.3. The van der Waals surface area contributed by atoms with Crippen molar-refractivity contribution in [1.82, 2.24) is 15.0 Å². The maximum absolute atomic E-state index is 12.3.